The van der Waals surface area contributed by atoms with Crippen LogP contribution >= 0.6 is 0 Å². The van der Waals surface area contributed by atoms with Crippen molar-refractivity contribution in [3.05, 3.63) is 29.8 Å². The number of rotatable bonds is 6. The number of unbranched alkanes of at least 4 members (excludes halogenated alkanes) is 1. The maximum atomic E-state index is 12.8. The van der Waals surface area contributed by atoms with Gasteiger partial charge < -0.3 is 14.5 Å². The largest absolute Gasteiger partial charge is 0.494 e. The van der Waals surface area contributed by atoms with Crippen molar-refractivity contribution in [2.24, 2.45) is 5.92 Å². The molecule has 0 aromatic heterocycles. The Balaban J connectivity index is 1.53. The van der Waals surface area contributed by atoms with E-state index in [0.29, 0.717) is 37.7 Å². The minimum atomic E-state index is 0.0445. The fourth-order valence-corrected chi connectivity index (χ4v) is 3.47. The molecule has 1 saturated heterocycles. The standard InChI is InChI=1S/C21H30N2O3/c1-2-3-16-26-19-10-8-18(9-11-19)21(25)23-13-5-12-22(14-15-23)20(24)17-6-4-7-17/h8-11,17H,2-7,12-16H2,1H3. The Morgan fingerprint density at radius 2 is 1.69 bits per heavy atom. The average molecular weight is 358 g/mol. The molecule has 1 aliphatic heterocycles. The zero-order chi connectivity index (χ0) is 18.4. The van der Waals surface area contributed by atoms with E-state index in [1.807, 2.05) is 34.1 Å². The van der Waals surface area contributed by atoms with Crippen molar-refractivity contribution in [3.63, 3.8) is 0 Å². The number of benzene rings is 1. The Hall–Kier alpha value is -2.04. The molecule has 142 valence electrons. The van der Waals surface area contributed by atoms with Crippen LogP contribution in [0, 0.1) is 5.92 Å². The fraction of sp³-hybridized carbons (Fsp3) is 0.619. The molecular weight excluding hydrogens is 328 g/mol. The van der Waals surface area contributed by atoms with Crippen molar-refractivity contribution in [2.45, 2.75) is 45.4 Å². The van der Waals surface area contributed by atoms with Crippen LogP contribution < -0.4 is 4.74 Å². The third kappa shape index (κ3) is 4.57. The lowest BCUT2D eigenvalue weighted by molar-refractivity contribution is -0.138. The summed E-state index contributed by atoms with van der Waals surface area (Å²) in [5.74, 6) is 1.38. The van der Waals surface area contributed by atoms with Crippen molar-refractivity contribution < 1.29 is 14.3 Å². The third-order valence-electron chi connectivity index (χ3n) is 5.42. The highest BCUT2D eigenvalue weighted by Gasteiger charge is 2.31. The summed E-state index contributed by atoms with van der Waals surface area (Å²) in [4.78, 5) is 29.1. The highest BCUT2D eigenvalue weighted by atomic mass is 16.5. The lowest BCUT2D eigenvalue weighted by atomic mass is 9.84. The van der Waals surface area contributed by atoms with E-state index >= 15 is 0 Å². The molecule has 5 heteroatoms. The van der Waals surface area contributed by atoms with E-state index < -0.39 is 0 Å². The monoisotopic (exact) mass is 358 g/mol. The van der Waals surface area contributed by atoms with Gasteiger partial charge in [-0.15, -0.1) is 0 Å². The average Bonchev–Trinajstić information content (AvgIpc) is 2.86. The first-order chi connectivity index (χ1) is 12.7. The minimum Gasteiger partial charge on any atom is -0.494 e. The van der Waals surface area contributed by atoms with E-state index in [-0.39, 0.29) is 11.8 Å². The van der Waals surface area contributed by atoms with Crippen LogP contribution in [0.4, 0.5) is 0 Å². The maximum absolute atomic E-state index is 12.8. The highest BCUT2D eigenvalue weighted by molar-refractivity contribution is 5.94. The topological polar surface area (TPSA) is 49.9 Å². The van der Waals surface area contributed by atoms with Gasteiger partial charge in [0.1, 0.15) is 5.75 Å². The van der Waals surface area contributed by atoms with Crippen LogP contribution in [0.2, 0.25) is 0 Å². The predicted molar refractivity (Wildman–Crippen MR) is 101 cm³/mol. The van der Waals surface area contributed by atoms with Crippen LogP contribution in [0.3, 0.4) is 0 Å². The summed E-state index contributed by atoms with van der Waals surface area (Å²) in [7, 11) is 0. The molecule has 0 atom stereocenters. The maximum Gasteiger partial charge on any atom is 0.253 e. The predicted octanol–water partition coefficient (Wildman–Crippen LogP) is 3.34. The van der Waals surface area contributed by atoms with Gasteiger partial charge in [-0.1, -0.05) is 19.8 Å². The molecule has 1 saturated carbocycles. The molecule has 0 N–H and O–H groups in total. The van der Waals surface area contributed by atoms with Crippen LogP contribution in [0.15, 0.2) is 24.3 Å². The zero-order valence-electron chi connectivity index (χ0n) is 15.8. The first-order valence-corrected chi connectivity index (χ1v) is 10.00. The van der Waals surface area contributed by atoms with Gasteiger partial charge in [-0.3, -0.25) is 9.59 Å². The van der Waals surface area contributed by atoms with Crippen molar-refractivity contribution >= 4 is 11.8 Å². The van der Waals surface area contributed by atoms with Crippen LogP contribution in [-0.2, 0) is 4.79 Å². The Labute approximate surface area is 156 Å². The lowest BCUT2D eigenvalue weighted by Gasteiger charge is -2.31. The molecule has 0 unspecified atom stereocenters. The van der Waals surface area contributed by atoms with E-state index in [4.69, 9.17) is 4.74 Å². The van der Waals surface area contributed by atoms with E-state index in [1.54, 1.807) is 0 Å². The van der Waals surface area contributed by atoms with Crippen LogP contribution in [-0.4, -0.2) is 54.4 Å². The van der Waals surface area contributed by atoms with Crippen LogP contribution in [0.1, 0.15) is 55.8 Å². The Morgan fingerprint density at radius 1 is 1.00 bits per heavy atom. The van der Waals surface area contributed by atoms with Gasteiger partial charge in [0.25, 0.3) is 5.91 Å². The van der Waals surface area contributed by atoms with Crippen molar-refractivity contribution in [1.82, 2.24) is 9.80 Å². The summed E-state index contributed by atoms with van der Waals surface area (Å²) in [5, 5.41) is 0. The van der Waals surface area contributed by atoms with E-state index in [1.165, 1.54) is 6.42 Å². The smallest absolute Gasteiger partial charge is 0.253 e. The van der Waals surface area contributed by atoms with Gasteiger partial charge in [-0.25, -0.2) is 0 Å². The number of amides is 2. The highest BCUT2D eigenvalue weighted by Crippen LogP contribution is 2.28. The molecule has 26 heavy (non-hydrogen) atoms. The first-order valence-electron chi connectivity index (χ1n) is 10.00. The van der Waals surface area contributed by atoms with Gasteiger partial charge in [0.05, 0.1) is 6.61 Å². The first kappa shape index (κ1) is 18.7. The molecule has 2 aliphatic rings. The molecule has 3 rings (SSSR count). The third-order valence-corrected chi connectivity index (χ3v) is 5.42. The molecule has 1 heterocycles. The summed E-state index contributed by atoms with van der Waals surface area (Å²) in [5.41, 5.74) is 0.687. The molecule has 1 aliphatic carbocycles. The molecule has 1 aromatic rings. The quantitative estimate of drug-likeness (QED) is 0.733. The summed E-state index contributed by atoms with van der Waals surface area (Å²) in [6.07, 6.45) is 6.22. The molecule has 0 bridgehead atoms. The van der Waals surface area contributed by atoms with Crippen molar-refractivity contribution in [1.29, 1.82) is 0 Å². The Bertz CT molecular complexity index is 610. The van der Waals surface area contributed by atoms with Crippen molar-refractivity contribution in [2.75, 3.05) is 32.8 Å². The molecule has 2 fully saturated rings. The second-order valence-corrected chi connectivity index (χ2v) is 7.33. The van der Waals surface area contributed by atoms with Gasteiger partial charge in [0.15, 0.2) is 0 Å². The molecule has 1 aromatic carbocycles. The van der Waals surface area contributed by atoms with Gasteiger partial charge in [0.2, 0.25) is 5.91 Å². The molecule has 2 amide bonds. The summed E-state index contributed by atoms with van der Waals surface area (Å²) in [6.45, 7) is 5.59. The second-order valence-electron chi connectivity index (χ2n) is 7.33. The number of ether oxygens (including phenoxy) is 1. The molecular formula is C21H30N2O3. The van der Waals surface area contributed by atoms with E-state index in [2.05, 4.69) is 6.92 Å². The molecule has 5 nitrogen and oxygen atoms in total. The van der Waals surface area contributed by atoms with E-state index in [9.17, 15) is 9.59 Å². The van der Waals surface area contributed by atoms with Gasteiger partial charge in [0, 0.05) is 37.7 Å². The van der Waals surface area contributed by atoms with Gasteiger partial charge in [-0.05, 0) is 49.9 Å². The molecule has 0 radical (unpaired) electrons. The number of carbonyl (C=O) groups is 2. The normalized spacial score (nSPS) is 18.2. The van der Waals surface area contributed by atoms with E-state index in [0.717, 1.165) is 44.4 Å². The SMILES string of the molecule is CCCCOc1ccc(C(=O)N2CCCN(C(=O)C3CCC3)CC2)cc1. The summed E-state index contributed by atoms with van der Waals surface area (Å²) >= 11 is 0. The lowest BCUT2D eigenvalue weighted by Crippen LogP contribution is -2.41. The van der Waals surface area contributed by atoms with Crippen LogP contribution in [0.5, 0.6) is 5.75 Å². The number of hydrogen-bond donors (Lipinski definition) is 0. The molecule has 0 spiro atoms. The van der Waals surface area contributed by atoms with Crippen LogP contribution in [0.25, 0.3) is 0 Å². The summed E-state index contributed by atoms with van der Waals surface area (Å²) in [6, 6.07) is 7.41. The van der Waals surface area contributed by atoms with Gasteiger partial charge >= 0.3 is 0 Å². The van der Waals surface area contributed by atoms with Gasteiger partial charge in [-0.2, -0.15) is 0 Å². The minimum absolute atomic E-state index is 0.0445. The second kappa shape index (κ2) is 9.06. The number of carbonyl (C=O) groups excluding carboxylic acids is 2. The fourth-order valence-electron chi connectivity index (χ4n) is 3.47. The zero-order valence-corrected chi connectivity index (χ0v) is 15.8. The van der Waals surface area contributed by atoms with Crippen molar-refractivity contribution in [3.8, 4) is 5.75 Å². The number of nitrogens with zero attached hydrogens (tertiary/aromatic N) is 2. The Kier molecular flexibility index (Phi) is 6.53. The summed E-state index contributed by atoms with van der Waals surface area (Å²) < 4.78 is 5.66. The number of hydrogen-bond acceptors (Lipinski definition) is 3. The Morgan fingerprint density at radius 3 is 2.35 bits per heavy atom.